The van der Waals surface area contributed by atoms with Gasteiger partial charge < -0.3 is 14.8 Å². The van der Waals surface area contributed by atoms with Crippen LogP contribution in [-0.4, -0.2) is 34.4 Å². The second kappa shape index (κ2) is 8.31. The first-order valence-electron chi connectivity index (χ1n) is 9.58. The number of sulfone groups is 1. The van der Waals surface area contributed by atoms with Gasteiger partial charge in [0.2, 0.25) is 0 Å². The van der Waals surface area contributed by atoms with Crippen molar-refractivity contribution in [2.75, 3.05) is 0 Å². The largest absolute Gasteiger partial charge is 0.489 e. The monoisotopic (exact) mass is 453 g/mol. The van der Waals surface area contributed by atoms with E-state index in [0.29, 0.717) is 5.75 Å². The van der Waals surface area contributed by atoms with Crippen LogP contribution in [-0.2, 0) is 22.2 Å². The number of para-hydroxylation sites is 1. The van der Waals surface area contributed by atoms with Crippen LogP contribution in [0.25, 0.3) is 10.9 Å². The number of hydrogen-bond donors (Lipinski definition) is 3. The van der Waals surface area contributed by atoms with Gasteiger partial charge in [-0.05, 0) is 43.3 Å². The normalized spacial score (nSPS) is 11.5. The molecule has 4 rings (SSSR count). The lowest BCUT2D eigenvalue weighted by atomic mass is 10.1. The van der Waals surface area contributed by atoms with Crippen LogP contribution in [0.2, 0.25) is 0 Å². The second-order valence-corrected chi connectivity index (χ2v) is 9.19. The average molecular weight is 453 g/mol. The number of imidazole rings is 1. The quantitative estimate of drug-likeness (QED) is 0.390. The number of aromatic nitrogens is 3. The van der Waals surface area contributed by atoms with E-state index in [1.54, 1.807) is 0 Å². The number of hydrogen-bond acceptors (Lipinski definition) is 6. The smallest absolute Gasteiger partial charge is 0.354 e. The van der Waals surface area contributed by atoms with Crippen molar-refractivity contribution in [3.63, 3.8) is 0 Å². The zero-order chi connectivity index (χ0) is 22.9. The van der Waals surface area contributed by atoms with E-state index in [1.165, 1.54) is 24.3 Å². The van der Waals surface area contributed by atoms with Crippen LogP contribution in [0.5, 0.6) is 5.75 Å². The Bertz CT molecular complexity index is 1470. The second-order valence-electron chi connectivity index (χ2n) is 7.20. The van der Waals surface area contributed by atoms with Gasteiger partial charge in [0.1, 0.15) is 18.1 Å². The molecule has 0 saturated heterocycles. The SMILES string of the molecule is Cc1cc(COc2ccc(S(=O)(=O)Cc3[nH]c(=O)[nH]c3C(=O)O)cc2)c2ccccc2n1. The van der Waals surface area contributed by atoms with Gasteiger partial charge in [0.25, 0.3) is 0 Å². The summed E-state index contributed by atoms with van der Waals surface area (Å²) in [5, 5.41) is 10.1. The highest BCUT2D eigenvalue weighted by Gasteiger charge is 2.22. The van der Waals surface area contributed by atoms with E-state index in [4.69, 9.17) is 9.84 Å². The molecule has 0 unspecified atom stereocenters. The lowest BCUT2D eigenvalue weighted by Crippen LogP contribution is -2.10. The van der Waals surface area contributed by atoms with Crippen molar-refractivity contribution in [2.24, 2.45) is 0 Å². The maximum absolute atomic E-state index is 12.7. The minimum atomic E-state index is -3.89. The van der Waals surface area contributed by atoms with Crippen LogP contribution in [0.4, 0.5) is 0 Å². The predicted octanol–water partition coefficient (Wildman–Crippen LogP) is 2.81. The van der Waals surface area contributed by atoms with Gasteiger partial charge in [-0.2, -0.15) is 0 Å². The fourth-order valence-electron chi connectivity index (χ4n) is 3.40. The topological polar surface area (TPSA) is 142 Å². The van der Waals surface area contributed by atoms with Crippen LogP contribution in [0.1, 0.15) is 27.4 Å². The highest BCUT2D eigenvalue weighted by molar-refractivity contribution is 7.90. The van der Waals surface area contributed by atoms with E-state index in [1.807, 2.05) is 37.3 Å². The molecule has 0 radical (unpaired) electrons. The lowest BCUT2D eigenvalue weighted by molar-refractivity contribution is 0.0690. The zero-order valence-corrected chi connectivity index (χ0v) is 17.8. The van der Waals surface area contributed by atoms with Crippen molar-refractivity contribution >= 4 is 26.7 Å². The van der Waals surface area contributed by atoms with E-state index in [-0.39, 0.29) is 17.2 Å². The standard InChI is InChI=1S/C22H19N3O6S/c1-13-10-14(17-4-2-3-5-18(17)23-13)11-31-15-6-8-16(9-7-15)32(29,30)12-19-20(21(26)27)25-22(28)24-19/h2-10H,11-12H2,1H3,(H,26,27)(H2,24,25,28). The minimum Gasteiger partial charge on any atom is -0.489 e. The molecule has 0 saturated carbocycles. The number of rotatable bonds is 7. The van der Waals surface area contributed by atoms with Gasteiger partial charge in [0, 0.05) is 16.6 Å². The van der Waals surface area contributed by atoms with E-state index >= 15 is 0 Å². The summed E-state index contributed by atoms with van der Waals surface area (Å²) in [6.07, 6.45) is 0. The molecule has 4 aromatic rings. The third-order valence-corrected chi connectivity index (χ3v) is 6.52. The molecule has 0 fully saturated rings. The Hall–Kier alpha value is -3.92. The van der Waals surface area contributed by atoms with Gasteiger partial charge in [-0.3, -0.25) is 9.97 Å². The molecule has 0 bridgehead atoms. The molecule has 0 aliphatic heterocycles. The fourth-order valence-corrected chi connectivity index (χ4v) is 4.72. The summed E-state index contributed by atoms with van der Waals surface area (Å²) >= 11 is 0. The molecule has 2 heterocycles. The van der Waals surface area contributed by atoms with Crippen molar-refractivity contribution in [3.8, 4) is 5.75 Å². The molecule has 164 valence electrons. The molecule has 0 amide bonds. The summed E-state index contributed by atoms with van der Waals surface area (Å²) in [6, 6.07) is 15.5. The Labute approximate surface area is 182 Å². The molecular formula is C22H19N3O6S. The molecule has 0 atom stereocenters. The Morgan fingerprint density at radius 3 is 2.53 bits per heavy atom. The van der Waals surface area contributed by atoms with Crippen LogP contribution in [0, 0.1) is 6.92 Å². The number of carbonyl (C=O) groups is 1. The van der Waals surface area contributed by atoms with Crippen LogP contribution < -0.4 is 10.4 Å². The van der Waals surface area contributed by atoms with Crippen LogP contribution in [0.15, 0.2) is 64.3 Å². The van der Waals surface area contributed by atoms with Crippen molar-refractivity contribution in [1.82, 2.24) is 15.0 Å². The number of aromatic amines is 2. The molecule has 0 aliphatic rings. The number of H-pyrrole nitrogens is 2. The fraction of sp³-hybridized carbons (Fsp3) is 0.136. The van der Waals surface area contributed by atoms with Gasteiger partial charge in [-0.15, -0.1) is 0 Å². The molecule has 9 nitrogen and oxygen atoms in total. The number of carboxylic acid groups (broad SMARTS) is 1. The Kier molecular flexibility index (Phi) is 5.54. The van der Waals surface area contributed by atoms with E-state index in [2.05, 4.69) is 15.0 Å². The number of pyridine rings is 1. The molecule has 0 spiro atoms. The van der Waals surface area contributed by atoms with Crippen molar-refractivity contribution in [1.29, 1.82) is 0 Å². The highest BCUT2D eigenvalue weighted by atomic mass is 32.2. The number of fused-ring (bicyclic) bond motifs is 1. The molecule has 2 aromatic carbocycles. The minimum absolute atomic E-state index is 0.0200. The summed E-state index contributed by atoms with van der Waals surface area (Å²) < 4.78 is 31.2. The molecule has 3 N–H and O–H groups in total. The molecule has 10 heteroatoms. The van der Waals surface area contributed by atoms with Gasteiger partial charge >= 0.3 is 11.7 Å². The summed E-state index contributed by atoms with van der Waals surface area (Å²) in [5.41, 5.74) is 1.24. The number of ether oxygens (including phenoxy) is 1. The Morgan fingerprint density at radius 1 is 1.09 bits per heavy atom. The third kappa shape index (κ3) is 4.40. The molecule has 0 aliphatic carbocycles. The summed E-state index contributed by atoms with van der Waals surface area (Å²) in [4.78, 5) is 31.3. The number of nitrogens with one attached hydrogen (secondary N) is 2. The van der Waals surface area contributed by atoms with Crippen molar-refractivity contribution < 1.29 is 23.1 Å². The summed E-state index contributed by atoms with van der Waals surface area (Å²) in [6.45, 7) is 2.19. The predicted molar refractivity (Wildman–Crippen MR) is 117 cm³/mol. The van der Waals surface area contributed by atoms with Crippen molar-refractivity contribution in [2.45, 2.75) is 24.2 Å². The Morgan fingerprint density at radius 2 is 1.81 bits per heavy atom. The number of aryl methyl sites for hydroxylation is 1. The first kappa shape index (κ1) is 21.3. The summed E-state index contributed by atoms with van der Waals surface area (Å²) in [5.74, 6) is -1.60. The average Bonchev–Trinajstić information content (AvgIpc) is 3.11. The van der Waals surface area contributed by atoms with E-state index < -0.39 is 32.9 Å². The lowest BCUT2D eigenvalue weighted by Gasteiger charge is -2.11. The van der Waals surface area contributed by atoms with Gasteiger partial charge in [0.15, 0.2) is 9.84 Å². The number of nitrogens with zero attached hydrogens (tertiary/aromatic N) is 1. The van der Waals surface area contributed by atoms with Crippen molar-refractivity contribution in [3.05, 3.63) is 87.7 Å². The number of carboxylic acids is 1. The van der Waals surface area contributed by atoms with Gasteiger partial charge in [-0.1, -0.05) is 18.2 Å². The van der Waals surface area contributed by atoms with Crippen LogP contribution in [0.3, 0.4) is 0 Å². The maximum atomic E-state index is 12.7. The number of benzene rings is 2. The third-order valence-electron chi connectivity index (χ3n) is 4.86. The van der Waals surface area contributed by atoms with Gasteiger partial charge in [-0.25, -0.2) is 18.0 Å². The Balaban J connectivity index is 1.51. The first-order chi connectivity index (χ1) is 15.2. The highest BCUT2D eigenvalue weighted by Crippen LogP contribution is 2.23. The van der Waals surface area contributed by atoms with E-state index in [0.717, 1.165) is 22.2 Å². The van der Waals surface area contributed by atoms with E-state index in [9.17, 15) is 18.0 Å². The van der Waals surface area contributed by atoms with Gasteiger partial charge in [0.05, 0.1) is 21.9 Å². The number of aromatic carboxylic acids is 1. The summed E-state index contributed by atoms with van der Waals surface area (Å²) in [7, 11) is -3.89. The molecule has 32 heavy (non-hydrogen) atoms. The zero-order valence-electron chi connectivity index (χ0n) is 17.0. The maximum Gasteiger partial charge on any atom is 0.354 e. The first-order valence-corrected chi connectivity index (χ1v) is 11.2. The molecule has 2 aromatic heterocycles. The van der Waals surface area contributed by atoms with Crippen LogP contribution >= 0.6 is 0 Å². The molecular weight excluding hydrogens is 434 g/mol.